The summed E-state index contributed by atoms with van der Waals surface area (Å²) < 4.78 is 11.1. The molecule has 2 aromatic carbocycles. The largest absolute Gasteiger partial charge is 0.495 e. The van der Waals surface area contributed by atoms with Gasteiger partial charge < -0.3 is 14.8 Å². The highest BCUT2D eigenvalue weighted by Gasteiger charge is 2.20. The number of aryl methyl sites for hydroxylation is 2. The van der Waals surface area contributed by atoms with E-state index in [1.54, 1.807) is 7.11 Å². The third kappa shape index (κ3) is 4.49. The standard InChI is InChI=1S/C19H23NO3/c1-5-17(23-15-8-6-7-13(2)11-15)19(21)20-16-12-14(3)9-10-18(16)22-4/h6-12,17H,5H2,1-4H3,(H,20,21)/t17-/m0/s1. The number of amides is 1. The van der Waals surface area contributed by atoms with Gasteiger partial charge in [0.05, 0.1) is 12.8 Å². The molecule has 23 heavy (non-hydrogen) atoms. The molecule has 0 spiro atoms. The van der Waals surface area contributed by atoms with Gasteiger partial charge in [0.1, 0.15) is 11.5 Å². The van der Waals surface area contributed by atoms with Crippen LogP contribution in [0, 0.1) is 13.8 Å². The maximum Gasteiger partial charge on any atom is 0.265 e. The molecule has 0 bridgehead atoms. The van der Waals surface area contributed by atoms with Crippen molar-refractivity contribution in [2.24, 2.45) is 0 Å². The molecule has 1 N–H and O–H groups in total. The summed E-state index contributed by atoms with van der Waals surface area (Å²) in [5.74, 6) is 1.15. The Morgan fingerprint density at radius 1 is 1.13 bits per heavy atom. The molecule has 0 aliphatic heterocycles. The van der Waals surface area contributed by atoms with Crippen LogP contribution in [0.25, 0.3) is 0 Å². The number of ether oxygens (including phenoxy) is 2. The van der Waals surface area contributed by atoms with E-state index in [1.807, 2.05) is 63.2 Å². The second-order valence-electron chi connectivity index (χ2n) is 5.52. The Kier molecular flexibility index (Phi) is 5.63. The second-order valence-corrected chi connectivity index (χ2v) is 5.52. The number of anilines is 1. The number of methoxy groups -OCH3 is 1. The van der Waals surface area contributed by atoms with Crippen LogP contribution in [0.2, 0.25) is 0 Å². The van der Waals surface area contributed by atoms with Gasteiger partial charge >= 0.3 is 0 Å². The lowest BCUT2D eigenvalue weighted by molar-refractivity contribution is -0.122. The van der Waals surface area contributed by atoms with Crippen molar-refractivity contribution in [3.05, 3.63) is 53.6 Å². The van der Waals surface area contributed by atoms with Crippen LogP contribution in [0.15, 0.2) is 42.5 Å². The third-order valence-electron chi connectivity index (χ3n) is 3.54. The lowest BCUT2D eigenvalue weighted by Gasteiger charge is -2.18. The molecule has 2 rings (SSSR count). The fourth-order valence-electron chi connectivity index (χ4n) is 2.31. The Morgan fingerprint density at radius 2 is 1.87 bits per heavy atom. The molecular formula is C19H23NO3. The third-order valence-corrected chi connectivity index (χ3v) is 3.54. The first-order chi connectivity index (χ1) is 11.0. The first kappa shape index (κ1) is 16.9. The van der Waals surface area contributed by atoms with Gasteiger partial charge in [-0.25, -0.2) is 0 Å². The Labute approximate surface area is 137 Å². The van der Waals surface area contributed by atoms with E-state index < -0.39 is 6.10 Å². The predicted molar refractivity (Wildman–Crippen MR) is 92.2 cm³/mol. The molecule has 0 heterocycles. The fourth-order valence-corrected chi connectivity index (χ4v) is 2.31. The summed E-state index contributed by atoms with van der Waals surface area (Å²) in [5, 5.41) is 2.90. The number of carbonyl (C=O) groups is 1. The van der Waals surface area contributed by atoms with E-state index in [4.69, 9.17) is 9.47 Å². The van der Waals surface area contributed by atoms with E-state index in [0.29, 0.717) is 23.6 Å². The number of carbonyl (C=O) groups excluding carboxylic acids is 1. The smallest absolute Gasteiger partial charge is 0.265 e. The topological polar surface area (TPSA) is 47.6 Å². The van der Waals surface area contributed by atoms with E-state index in [0.717, 1.165) is 11.1 Å². The SMILES string of the molecule is CC[C@H](Oc1cccc(C)c1)C(=O)Nc1cc(C)ccc1OC. The summed E-state index contributed by atoms with van der Waals surface area (Å²) in [7, 11) is 1.58. The summed E-state index contributed by atoms with van der Waals surface area (Å²) in [6, 6.07) is 13.3. The number of hydrogen-bond acceptors (Lipinski definition) is 3. The van der Waals surface area contributed by atoms with Crippen molar-refractivity contribution in [2.45, 2.75) is 33.3 Å². The minimum Gasteiger partial charge on any atom is -0.495 e. The van der Waals surface area contributed by atoms with Gasteiger partial charge in [0.2, 0.25) is 0 Å². The van der Waals surface area contributed by atoms with Crippen LogP contribution < -0.4 is 14.8 Å². The lowest BCUT2D eigenvalue weighted by Crippen LogP contribution is -2.32. The van der Waals surface area contributed by atoms with Crippen molar-refractivity contribution >= 4 is 11.6 Å². The normalized spacial score (nSPS) is 11.7. The molecule has 0 saturated heterocycles. The molecule has 1 atom stereocenters. The molecule has 0 saturated carbocycles. The van der Waals surface area contributed by atoms with E-state index >= 15 is 0 Å². The molecule has 1 amide bonds. The van der Waals surface area contributed by atoms with Gasteiger partial charge in [-0.3, -0.25) is 4.79 Å². The van der Waals surface area contributed by atoms with Crippen molar-refractivity contribution in [3.63, 3.8) is 0 Å². The average molecular weight is 313 g/mol. The number of rotatable bonds is 6. The quantitative estimate of drug-likeness (QED) is 0.873. The molecule has 4 nitrogen and oxygen atoms in total. The first-order valence-corrected chi connectivity index (χ1v) is 7.72. The van der Waals surface area contributed by atoms with Crippen molar-refractivity contribution in [1.82, 2.24) is 0 Å². The molecule has 2 aromatic rings. The summed E-state index contributed by atoms with van der Waals surface area (Å²) in [6.45, 7) is 5.88. The Balaban J connectivity index is 2.13. The zero-order valence-electron chi connectivity index (χ0n) is 14.1. The molecule has 0 fully saturated rings. The lowest BCUT2D eigenvalue weighted by atomic mass is 10.2. The molecule has 0 aromatic heterocycles. The van der Waals surface area contributed by atoms with Crippen LogP contribution in [0.4, 0.5) is 5.69 Å². The van der Waals surface area contributed by atoms with Crippen LogP contribution in [0.1, 0.15) is 24.5 Å². The van der Waals surface area contributed by atoms with E-state index in [2.05, 4.69) is 5.32 Å². The zero-order chi connectivity index (χ0) is 16.8. The average Bonchev–Trinajstić information content (AvgIpc) is 2.53. The number of nitrogens with one attached hydrogen (secondary N) is 1. The van der Waals surface area contributed by atoms with Crippen molar-refractivity contribution < 1.29 is 14.3 Å². The minimum atomic E-state index is -0.554. The summed E-state index contributed by atoms with van der Waals surface area (Å²) in [4.78, 5) is 12.5. The van der Waals surface area contributed by atoms with Gasteiger partial charge in [-0.1, -0.05) is 25.1 Å². The minimum absolute atomic E-state index is 0.182. The van der Waals surface area contributed by atoms with Crippen molar-refractivity contribution in [1.29, 1.82) is 0 Å². The highest BCUT2D eigenvalue weighted by Crippen LogP contribution is 2.26. The molecule has 0 unspecified atom stereocenters. The summed E-state index contributed by atoms with van der Waals surface area (Å²) >= 11 is 0. The Bertz CT molecular complexity index is 682. The predicted octanol–water partition coefficient (Wildman–Crippen LogP) is 4.11. The summed E-state index contributed by atoms with van der Waals surface area (Å²) in [5.41, 5.74) is 2.80. The molecule has 4 heteroatoms. The number of hydrogen-bond donors (Lipinski definition) is 1. The van der Waals surface area contributed by atoms with Gasteiger partial charge in [-0.2, -0.15) is 0 Å². The Hall–Kier alpha value is -2.49. The van der Waals surface area contributed by atoms with Gasteiger partial charge in [0.25, 0.3) is 5.91 Å². The van der Waals surface area contributed by atoms with Gasteiger partial charge in [-0.05, 0) is 55.7 Å². The van der Waals surface area contributed by atoms with E-state index in [-0.39, 0.29) is 5.91 Å². The van der Waals surface area contributed by atoms with Crippen LogP contribution in [-0.4, -0.2) is 19.1 Å². The zero-order valence-corrected chi connectivity index (χ0v) is 14.1. The number of benzene rings is 2. The van der Waals surface area contributed by atoms with Gasteiger partial charge in [0, 0.05) is 0 Å². The summed E-state index contributed by atoms with van der Waals surface area (Å²) in [6.07, 6.45) is 0.0236. The van der Waals surface area contributed by atoms with Gasteiger partial charge in [-0.15, -0.1) is 0 Å². The van der Waals surface area contributed by atoms with Crippen LogP contribution in [0.3, 0.4) is 0 Å². The highest BCUT2D eigenvalue weighted by atomic mass is 16.5. The molecule has 0 aliphatic rings. The van der Waals surface area contributed by atoms with Gasteiger partial charge in [0.15, 0.2) is 6.10 Å². The van der Waals surface area contributed by atoms with Crippen LogP contribution in [0.5, 0.6) is 11.5 Å². The first-order valence-electron chi connectivity index (χ1n) is 7.72. The fraction of sp³-hybridized carbons (Fsp3) is 0.316. The molecule has 0 aliphatic carbocycles. The Morgan fingerprint density at radius 3 is 2.52 bits per heavy atom. The van der Waals surface area contributed by atoms with E-state index in [1.165, 1.54) is 0 Å². The van der Waals surface area contributed by atoms with Crippen LogP contribution >= 0.6 is 0 Å². The second kappa shape index (κ2) is 7.68. The molecular weight excluding hydrogens is 290 g/mol. The maximum absolute atomic E-state index is 12.5. The molecule has 122 valence electrons. The van der Waals surface area contributed by atoms with Crippen molar-refractivity contribution in [3.8, 4) is 11.5 Å². The van der Waals surface area contributed by atoms with Crippen molar-refractivity contribution in [2.75, 3.05) is 12.4 Å². The maximum atomic E-state index is 12.5. The van der Waals surface area contributed by atoms with Crippen LogP contribution in [-0.2, 0) is 4.79 Å². The highest BCUT2D eigenvalue weighted by molar-refractivity contribution is 5.95. The monoisotopic (exact) mass is 313 g/mol. The van der Waals surface area contributed by atoms with E-state index in [9.17, 15) is 4.79 Å². The molecule has 0 radical (unpaired) electrons.